The molecule has 0 heterocycles. The molecule has 1 N–H and O–H groups in total. The Morgan fingerprint density at radius 3 is 2.33 bits per heavy atom. The number of hydrogen-bond donors (Lipinski definition) is 1. The van der Waals surface area contributed by atoms with Gasteiger partial charge in [0.05, 0.1) is 16.6 Å². The highest BCUT2D eigenvalue weighted by atomic mass is 32.2. The smallest absolute Gasteiger partial charge is 0.264 e. The highest BCUT2D eigenvalue weighted by Crippen LogP contribution is 2.26. The van der Waals surface area contributed by atoms with Crippen LogP contribution in [0.2, 0.25) is 0 Å². The first-order valence-corrected chi connectivity index (χ1v) is 12.5. The highest BCUT2D eigenvalue weighted by molar-refractivity contribution is 7.92. The van der Waals surface area contributed by atoms with Gasteiger partial charge in [-0.25, -0.2) is 12.8 Å². The molecular weight excluding hydrogens is 439 g/mol. The molecule has 3 aromatic carbocycles. The molecule has 172 valence electrons. The van der Waals surface area contributed by atoms with E-state index in [0.717, 1.165) is 34.8 Å². The van der Waals surface area contributed by atoms with Crippen molar-refractivity contribution in [3.63, 3.8) is 0 Å². The lowest BCUT2D eigenvalue weighted by molar-refractivity contribution is -0.120. The number of nitrogens with one attached hydrogen (secondary N) is 1. The lowest BCUT2D eigenvalue weighted by Crippen LogP contribution is -2.41. The number of carbonyl (C=O) groups is 1. The van der Waals surface area contributed by atoms with Crippen LogP contribution >= 0.6 is 0 Å². The van der Waals surface area contributed by atoms with Crippen LogP contribution in [0.3, 0.4) is 0 Å². The van der Waals surface area contributed by atoms with Crippen molar-refractivity contribution in [3.05, 3.63) is 95.3 Å². The normalized spacial score (nSPS) is 14.2. The van der Waals surface area contributed by atoms with Crippen molar-refractivity contribution >= 4 is 21.6 Å². The maximum absolute atomic E-state index is 13.3. The fraction of sp³-hybridized carbons (Fsp3) is 0.269. The lowest BCUT2D eigenvalue weighted by atomic mass is 9.89. The van der Waals surface area contributed by atoms with E-state index in [1.165, 1.54) is 36.1 Å². The summed E-state index contributed by atoms with van der Waals surface area (Å²) < 4.78 is 41.0. The zero-order valence-electron chi connectivity index (χ0n) is 18.5. The number of fused-ring (bicyclic) bond motifs is 1. The van der Waals surface area contributed by atoms with Gasteiger partial charge in [0.1, 0.15) is 12.4 Å². The summed E-state index contributed by atoms with van der Waals surface area (Å²) >= 11 is 0. The molecule has 0 saturated carbocycles. The Kier molecular flexibility index (Phi) is 6.79. The number of sulfonamides is 1. The zero-order chi connectivity index (χ0) is 23.4. The third kappa shape index (κ3) is 5.25. The second-order valence-corrected chi connectivity index (χ2v) is 10.2. The van der Waals surface area contributed by atoms with Crippen molar-refractivity contribution in [2.24, 2.45) is 0 Å². The first kappa shape index (κ1) is 23.0. The van der Waals surface area contributed by atoms with Crippen LogP contribution in [0.4, 0.5) is 10.1 Å². The first-order valence-electron chi connectivity index (χ1n) is 11.1. The fourth-order valence-corrected chi connectivity index (χ4v) is 5.59. The molecular formula is C26H27FN2O3S. The number of halogens is 1. The van der Waals surface area contributed by atoms with Gasteiger partial charge in [0.15, 0.2) is 0 Å². The molecule has 1 aliphatic carbocycles. The molecule has 7 heteroatoms. The van der Waals surface area contributed by atoms with Crippen molar-refractivity contribution < 1.29 is 17.6 Å². The Morgan fingerprint density at radius 2 is 1.64 bits per heavy atom. The van der Waals surface area contributed by atoms with Crippen molar-refractivity contribution in [1.82, 2.24) is 5.32 Å². The third-order valence-corrected chi connectivity index (χ3v) is 7.77. The van der Waals surface area contributed by atoms with Crippen molar-refractivity contribution in [3.8, 4) is 0 Å². The molecule has 5 nitrogen and oxygen atoms in total. The summed E-state index contributed by atoms with van der Waals surface area (Å²) in [5.41, 5.74) is 4.05. The molecule has 33 heavy (non-hydrogen) atoms. The molecule has 0 radical (unpaired) electrons. The standard InChI is InChI=1S/C26H27FN2O3S/c1-19(21-12-11-20-7-5-6-8-22(20)17-21)28-26(30)18-29(24-9-3-2-4-10-24)33(31,32)25-15-13-23(27)14-16-25/h2-4,9-17,19H,5-8,18H2,1H3,(H,28,30). The summed E-state index contributed by atoms with van der Waals surface area (Å²) in [5, 5.41) is 2.93. The van der Waals surface area contributed by atoms with Gasteiger partial charge < -0.3 is 5.32 Å². The van der Waals surface area contributed by atoms with Gasteiger partial charge in [-0.3, -0.25) is 9.10 Å². The Hall–Kier alpha value is -3.19. The Labute approximate surface area is 194 Å². The van der Waals surface area contributed by atoms with Crippen LogP contribution in [0.25, 0.3) is 0 Å². The molecule has 1 amide bonds. The summed E-state index contributed by atoms with van der Waals surface area (Å²) in [6.07, 6.45) is 4.51. The summed E-state index contributed by atoms with van der Waals surface area (Å²) in [6, 6.07) is 19.0. The van der Waals surface area contributed by atoms with Crippen LogP contribution in [-0.2, 0) is 27.7 Å². The van der Waals surface area contributed by atoms with Crippen LogP contribution in [-0.4, -0.2) is 20.9 Å². The minimum absolute atomic E-state index is 0.0803. The maximum atomic E-state index is 13.3. The van der Waals surface area contributed by atoms with Gasteiger partial charge in [-0.2, -0.15) is 0 Å². The molecule has 1 aliphatic rings. The van der Waals surface area contributed by atoms with Gasteiger partial charge in [-0.05, 0) is 85.7 Å². The Bertz CT molecular complexity index is 1230. The number of para-hydroxylation sites is 1. The van der Waals surface area contributed by atoms with E-state index in [9.17, 15) is 17.6 Å². The van der Waals surface area contributed by atoms with E-state index in [1.54, 1.807) is 30.3 Å². The summed E-state index contributed by atoms with van der Waals surface area (Å²) in [5.74, 6) is -0.952. The quantitative estimate of drug-likeness (QED) is 0.545. The number of aryl methyl sites for hydroxylation is 2. The third-order valence-electron chi connectivity index (χ3n) is 5.98. The largest absolute Gasteiger partial charge is 0.348 e. The topological polar surface area (TPSA) is 66.5 Å². The monoisotopic (exact) mass is 466 g/mol. The second-order valence-electron chi connectivity index (χ2n) is 8.33. The minimum atomic E-state index is -4.07. The van der Waals surface area contributed by atoms with E-state index in [0.29, 0.717) is 5.69 Å². The summed E-state index contributed by atoms with van der Waals surface area (Å²) in [7, 11) is -4.07. The van der Waals surface area contributed by atoms with Gasteiger partial charge in [-0.15, -0.1) is 0 Å². The van der Waals surface area contributed by atoms with Crippen LogP contribution in [0, 0.1) is 5.82 Å². The Morgan fingerprint density at radius 1 is 0.970 bits per heavy atom. The average Bonchev–Trinajstić information content (AvgIpc) is 2.83. The Balaban J connectivity index is 1.55. The van der Waals surface area contributed by atoms with Gasteiger partial charge in [0.2, 0.25) is 5.91 Å². The van der Waals surface area contributed by atoms with E-state index < -0.39 is 21.7 Å². The first-order chi connectivity index (χ1) is 15.8. The molecule has 0 fully saturated rings. The van der Waals surface area contributed by atoms with Gasteiger partial charge in [0, 0.05) is 0 Å². The molecule has 1 atom stereocenters. The zero-order valence-corrected chi connectivity index (χ0v) is 19.3. The van der Waals surface area contributed by atoms with E-state index >= 15 is 0 Å². The van der Waals surface area contributed by atoms with E-state index in [-0.39, 0.29) is 17.5 Å². The van der Waals surface area contributed by atoms with Crippen molar-refractivity contribution in [2.45, 2.75) is 43.5 Å². The van der Waals surface area contributed by atoms with Crippen LogP contribution in [0.1, 0.15) is 42.5 Å². The van der Waals surface area contributed by atoms with Gasteiger partial charge in [0.25, 0.3) is 10.0 Å². The number of anilines is 1. The predicted octanol–water partition coefficient (Wildman–Crippen LogP) is 4.78. The van der Waals surface area contributed by atoms with E-state index in [4.69, 9.17) is 0 Å². The summed E-state index contributed by atoms with van der Waals surface area (Å²) in [4.78, 5) is 12.9. The van der Waals surface area contributed by atoms with Crippen molar-refractivity contribution in [1.29, 1.82) is 0 Å². The number of amides is 1. The van der Waals surface area contributed by atoms with Crippen LogP contribution < -0.4 is 9.62 Å². The second kappa shape index (κ2) is 9.75. The molecule has 3 aromatic rings. The lowest BCUT2D eigenvalue weighted by Gasteiger charge is -2.25. The van der Waals surface area contributed by atoms with E-state index in [1.807, 2.05) is 13.0 Å². The molecule has 0 saturated heterocycles. The molecule has 1 unspecified atom stereocenters. The minimum Gasteiger partial charge on any atom is -0.348 e. The maximum Gasteiger partial charge on any atom is 0.264 e. The molecule has 0 bridgehead atoms. The molecule has 4 rings (SSSR count). The number of benzene rings is 3. The predicted molar refractivity (Wildman–Crippen MR) is 127 cm³/mol. The number of carbonyl (C=O) groups excluding carboxylic acids is 1. The molecule has 0 aliphatic heterocycles. The van der Waals surface area contributed by atoms with Crippen molar-refractivity contribution in [2.75, 3.05) is 10.8 Å². The number of hydrogen-bond acceptors (Lipinski definition) is 3. The van der Waals surface area contributed by atoms with E-state index in [2.05, 4.69) is 17.4 Å². The SMILES string of the molecule is CC(NC(=O)CN(c1ccccc1)S(=O)(=O)c1ccc(F)cc1)c1ccc2c(c1)CCCC2. The fourth-order valence-electron chi connectivity index (χ4n) is 4.17. The average molecular weight is 467 g/mol. The molecule has 0 aromatic heterocycles. The van der Waals surface area contributed by atoms with Gasteiger partial charge in [-0.1, -0.05) is 36.4 Å². The highest BCUT2D eigenvalue weighted by Gasteiger charge is 2.27. The number of nitrogens with zero attached hydrogens (tertiary/aromatic N) is 1. The van der Waals surface area contributed by atoms with Crippen LogP contribution in [0.5, 0.6) is 0 Å². The van der Waals surface area contributed by atoms with Crippen LogP contribution in [0.15, 0.2) is 77.7 Å². The van der Waals surface area contributed by atoms with Gasteiger partial charge >= 0.3 is 0 Å². The number of rotatable bonds is 7. The molecule has 0 spiro atoms. The summed E-state index contributed by atoms with van der Waals surface area (Å²) in [6.45, 7) is 1.50.